The number of β-amino-alcohol motifs (C(OH)–C–C–N with tert-alkyl or cyclic N) is 1. The normalized spacial score (nSPS) is 37.6. The van der Waals surface area contributed by atoms with Crippen LogP contribution in [0.25, 0.3) is 0 Å². The average Bonchev–Trinajstić information content (AvgIpc) is 2.14. The number of nitrogens with one attached hydrogen (secondary N) is 1. The maximum absolute atomic E-state index is 9.98. The van der Waals surface area contributed by atoms with E-state index in [1.807, 2.05) is 0 Å². The molecule has 0 bridgehead atoms. The Hall–Kier alpha value is -0.410. The van der Waals surface area contributed by atoms with Crippen LogP contribution in [0.2, 0.25) is 0 Å². The highest BCUT2D eigenvalue weighted by atomic mass is 16.3. The molecule has 0 aliphatic carbocycles. The molecule has 1 rings (SSSR count). The standard InChI is InChI=1S/C5H9NO2/c7-3-4-1-5(8)2-6-4/h3-6,8H,1-2H2/t4?,5-/m0/s1. The first-order chi connectivity index (χ1) is 3.83. The Labute approximate surface area is 47.7 Å². The Balaban J connectivity index is 2.32. The number of hydrogen-bond acceptors (Lipinski definition) is 3. The van der Waals surface area contributed by atoms with Gasteiger partial charge in [-0.25, -0.2) is 0 Å². The monoisotopic (exact) mass is 115 g/mol. The molecule has 46 valence electrons. The Morgan fingerprint density at radius 1 is 1.75 bits per heavy atom. The van der Waals surface area contributed by atoms with E-state index >= 15 is 0 Å². The smallest absolute Gasteiger partial charge is 0.136 e. The molecule has 3 heteroatoms. The van der Waals surface area contributed by atoms with Crippen molar-refractivity contribution < 1.29 is 9.90 Å². The molecule has 0 saturated carbocycles. The Bertz CT molecular complexity index is 94.4. The van der Waals surface area contributed by atoms with E-state index in [1.165, 1.54) is 0 Å². The third kappa shape index (κ3) is 1.05. The van der Waals surface area contributed by atoms with Gasteiger partial charge in [-0.3, -0.25) is 0 Å². The molecule has 1 aliphatic heterocycles. The van der Waals surface area contributed by atoms with Crippen LogP contribution in [0, 0.1) is 0 Å². The number of aldehydes is 1. The molecule has 1 heterocycles. The second kappa shape index (κ2) is 2.24. The van der Waals surface area contributed by atoms with Crippen LogP contribution in [0.5, 0.6) is 0 Å². The highest BCUT2D eigenvalue weighted by Crippen LogP contribution is 2.02. The highest BCUT2D eigenvalue weighted by molar-refractivity contribution is 5.58. The van der Waals surface area contributed by atoms with Gasteiger partial charge in [0.1, 0.15) is 6.29 Å². The first kappa shape index (κ1) is 5.72. The van der Waals surface area contributed by atoms with E-state index in [1.54, 1.807) is 0 Å². The van der Waals surface area contributed by atoms with Crippen molar-refractivity contribution in [3.05, 3.63) is 0 Å². The van der Waals surface area contributed by atoms with Crippen LogP contribution in [-0.2, 0) is 4.79 Å². The predicted molar refractivity (Wildman–Crippen MR) is 28.5 cm³/mol. The topological polar surface area (TPSA) is 49.3 Å². The van der Waals surface area contributed by atoms with Gasteiger partial charge in [-0.2, -0.15) is 0 Å². The zero-order valence-corrected chi connectivity index (χ0v) is 4.50. The molecular weight excluding hydrogens is 106 g/mol. The minimum atomic E-state index is -0.315. The van der Waals surface area contributed by atoms with Crippen LogP contribution in [0.15, 0.2) is 0 Å². The first-order valence-corrected chi connectivity index (χ1v) is 2.69. The van der Waals surface area contributed by atoms with E-state index in [4.69, 9.17) is 5.11 Å². The van der Waals surface area contributed by atoms with Crippen molar-refractivity contribution in [3.8, 4) is 0 Å². The molecule has 2 atom stereocenters. The van der Waals surface area contributed by atoms with Gasteiger partial charge in [-0.05, 0) is 6.42 Å². The average molecular weight is 115 g/mol. The summed E-state index contributed by atoms with van der Waals surface area (Å²) in [5.74, 6) is 0. The van der Waals surface area contributed by atoms with Gasteiger partial charge in [-0.1, -0.05) is 0 Å². The van der Waals surface area contributed by atoms with Crippen LogP contribution in [0.1, 0.15) is 6.42 Å². The largest absolute Gasteiger partial charge is 0.392 e. The number of hydrogen-bond donors (Lipinski definition) is 2. The summed E-state index contributed by atoms with van der Waals surface area (Å²) in [6.07, 6.45) is 1.09. The third-order valence-electron chi connectivity index (χ3n) is 1.31. The lowest BCUT2D eigenvalue weighted by Gasteiger charge is -1.94. The number of aliphatic hydroxyl groups is 1. The molecule has 8 heavy (non-hydrogen) atoms. The summed E-state index contributed by atoms with van der Waals surface area (Å²) in [7, 11) is 0. The van der Waals surface area contributed by atoms with Crippen molar-refractivity contribution in [2.45, 2.75) is 18.6 Å². The maximum Gasteiger partial charge on any atom is 0.136 e. The van der Waals surface area contributed by atoms with Crippen molar-refractivity contribution in [3.63, 3.8) is 0 Å². The molecule has 2 N–H and O–H groups in total. The van der Waals surface area contributed by atoms with E-state index in [9.17, 15) is 4.79 Å². The van der Waals surface area contributed by atoms with E-state index in [0.29, 0.717) is 13.0 Å². The van der Waals surface area contributed by atoms with E-state index in [2.05, 4.69) is 5.32 Å². The Kier molecular flexibility index (Phi) is 1.60. The molecule has 3 nitrogen and oxygen atoms in total. The van der Waals surface area contributed by atoms with Gasteiger partial charge in [0.25, 0.3) is 0 Å². The Morgan fingerprint density at radius 3 is 2.75 bits per heavy atom. The molecule has 0 radical (unpaired) electrons. The third-order valence-corrected chi connectivity index (χ3v) is 1.31. The lowest BCUT2D eigenvalue weighted by molar-refractivity contribution is -0.109. The van der Waals surface area contributed by atoms with Gasteiger partial charge < -0.3 is 15.2 Å². The molecule has 0 amide bonds. The fourth-order valence-electron chi connectivity index (χ4n) is 0.851. The second-order valence-corrected chi connectivity index (χ2v) is 2.04. The highest BCUT2D eigenvalue weighted by Gasteiger charge is 2.20. The molecule has 0 spiro atoms. The lowest BCUT2D eigenvalue weighted by Crippen LogP contribution is -2.22. The van der Waals surface area contributed by atoms with Crippen LogP contribution >= 0.6 is 0 Å². The summed E-state index contributed by atoms with van der Waals surface area (Å²) in [5.41, 5.74) is 0. The van der Waals surface area contributed by atoms with E-state index < -0.39 is 0 Å². The Morgan fingerprint density at radius 2 is 2.50 bits per heavy atom. The quantitative estimate of drug-likeness (QED) is 0.427. The molecular formula is C5H9NO2. The predicted octanol–water partition coefficient (Wildman–Crippen LogP) is -1.09. The molecule has 1 unspecified atom stereocenters. The van der Waals surface area contributed by atoms with Crippen molar-refractivity contribution in [2.75, 3.05) is 6.54 Å². The van der Waals surface area contributed by atoms with Gasteiger partial charge in [0.05, 0.1) is 12.1 Å². The van der Waals surface area contributed by atoms with Crippen molar-refractivity contribution >= 4 is 6.29 Å². The minimum Gasteiger partial charge on any atom is -0.392 e. The molecule has 0 aromatic heterocycles. The van der Waals surface area contributed by atoms with Crippen molar-refractivity contribution in [1.82, 2.24) is 5.32 Å². The van der Waals surface area contributed by atoms with Crippen molar-refractivity contribution in [1.29, 1.82) is 0 Å². The number of aliphatic hydroxyl groups excluding tert-OH is 1. The summed E-state index contributed by atoms with van der Waals surface area (Å²) in [6.45, 7) is 0.559. The fourth-order valence-corrected chi connectivity index (χ4v) is 0.851. The van der Waals surface area contributed by atoms with Crippen LogP contribution < -0.4 is 5.32 Å². The summed E-state index contributed by atoms with van der Waals surface area (Å²) in [5, 5.41) is 11.6. The second-order valence-electron chi connectivity index (χ2n) is 2.04. The summed E-state index contributed by atoms with van der Waals surface area (Å²) < 4.78 is 0. The fraction of sp³-hybridized carbons (Fsp3) is 0.800. The lowest BCUT2D eigenvalue weighted by atomic mass is 10.2. The van der Waals surface area contributed by atoms with Crippen LogP contribution in [0.4, 0.5) is 0 Å². The van der Waals surface area contributed by atoms with E-state index in [0.717, 1.165) is 6.29 Å². The minimum absolute atomic E-state index is 0.106. The first-order valence-electron chi connectivity index (χ1n) is 2.69. The number of carbonyl (C=O) groups excluding carboxylic acids is 1. The molecule has 0 aromatic carbocycles. The van der Waals surface area contributed by atoms with Gasteiger partial charge in [0, 0.05) is 6.54 Å². The number of rotatable bonds is 1. The van der Waals surface area contributed by atoms with Crippen molar-refractivity contribution in [2.24, 2.45) is 0 Å². The van der Waals surface area contributed by atoms with Crippen LogP contribution in [0.3, 0.4) is 0 Å². The maximum atomic E-state index is 9.98. The van der Waals surface area contributed by atoms with Gasteiger partial charge in [0.2, 0.25) is 0 Å². The van der Waals surface area contributed by atoms with Crippen LogP contribution in [-0.4, -0.2) is 30.1 Å². The van der Waals surface area contributed by atoms with Gasteiger partial charge >= 0.3 is 0 Å². The van der Waals surface area contributed by atoms with E-state index in [-0.39, 0.29) is 12.1 Å². The summed E-state index contributed by atoms with van der Waals surface area (Å²) in [6, 6.07) is -0.106. The number of carbonyl (C=O) groups is 1. The SMILES string of the molecule is O=CC1C[C@H](O)CN1. The zero-order chi connectivity index (χ0) is 5.98. The van der Waals surface area contributed by atoms with Gasteiger partial charge in [0.15, 0.2) is 0 Å². The molecule has 1 fully saturated rings. The molecule has 1 aliphatic rings. The molecule has 1 saturated heterocycles. The van der Waals surface area contributed by atoms with Gasteiger partial charge in [-0.15, -0.1) is 0 Å². The summed E-state index contributed by atoms with van der Waals surface area (Å²) >= 11 is 0. The zero-order valence-electron chi connectivity index (χ0n) is 4.50. The summed E-state index contributed by atoms with van der Waals surface area (Å²) in [4.78, 5) is 9.98. The molecule has 0 aromatic rings.